The number of nitrogens with one attached hydrogen (secondary N) is 2. The van der Waals surface area contributed by atoms with Gasteiger partial charge in [-0.05, 0) is 54.5 Å². The van der Waals surface area contributed by atoms with Gasteiger partial charge in [-0.2, -0.15) is 0 Å². The number of thiocarbonyl (C=S) groups is 1. The van der Waals surface area contributed by atoms with Gasteiger partial charge < -0.3 is 14.8 Å². The average molecular weight is 403 g/mol. The summed E-state index contributed by atoms with van der Waals surface area (Å²) in [6.45, 7) is 4.67. The average Bonchev–Trinajstić information content (AvgIpc) is 2.66. The quantitative estimate of drug-likeness (QED) is 0.412. The molecule has 0 saturated carbocycles. The Labute approximate surface area is 168 Å². The van der Waals surface area contributed by atoms with Crippen LogP contribution in [0.4, 0.5) is 11.4 Å². The zero-order chi connectivity index (χ0) is 20.7. The molecule has 0 spiro atoms. The molecule has 2 aromatic rings. The fraction of sp³-hybridized carbons (Fsp3) is 0.263. The molecule has 2 aromatic carbocycles. The molecule has 0 aliphatic carbocycles. The Morgan fingerprint density at radius 3 is 2.39 bits per heavy atom. The van der Waals surface area contributed by atoms with Gasteiger partial charge in [0.15, 0.2) is 5.11 Å². The van der Waals surface area contributed by atoms with Crippen molar-refractivity contribution in [1.29, 1.82) is 0 Å². The molecule has 0 radical (unpaired) electrons. The Bertz CT molecular complexity index is 868. The maximum Gasteiger partial charge on any atom is 0.296 e. The molecule has 8 nitrogen and oxygen atoms in total. The SMILES string of the molecule is COc1ccc(NC(=S)NC(=O)c2ccc(OCC(C)C)cc2)c([N+](=O)[O-])c1. The predicted octanol–water partition coefficient (Wildman–Crippen LogP) is 3.77. The van der Waals surface area contributed by atoms with E-state index in [0.29, 0.717) is 29.6 Å². The van der Waals surface area contributed by atoms with E-state index in [4.69, 9.17) is 21.7 Å². The number of hydrogen-bond donors (Lipinski definition) is 2. The highest BCUT2D eigenvalue weighted by molar-refractivity contribution is 7.80. The molecule has 148 valence electrons. The van der Waals surface area contributed by atoms with Crippen LogP contribution in [0.2, 0.25) is 0 Å². The van der Waals surface area contributed by atoms with Crippen LogP contribution in [0.25, 0.3) is 0 Å². The van der Waals surface area contributed by atoms with Crippen molar-refractivity contribution < 1.29 is 19.2 Å². The van der Waals surface area contributed by atoms with Gasteiger partial charge in [-0.15, -0.1) is 0 Å². The Kier molecular flexibility index (Phi) is 7.28. The smallest absolute Gasteiger partial charge is 0.296 e. The van der Waals surface area contributed by atoms with E-state index in [-0.39, 0.29) is 16.5 Å². The van der Waals surface area contributed by atoms with Gasteiger partial charge in [0.25, 0.3) is 11.6 Å². The maximum atomic E-state index is 12.3. The molecule has 2 N–H and O–H groups in total. The van der Waals surface area contributed by atoms with Crippen LogP contribution in [0.5, 0.6) is 11.5 Å². The van der Waals surface area contributed by atoms with Gasteiger partial charge in [0.05, 0.1) is 24.7 Å². The van der Waals surface area contributed by atoms with Gasteiger partial charge in [0, 0.05) is 5.56 Å². The lowest BCUT2D eigenvalue weighted by Crippen LogP contribution is -2.34. The van der Waals surface area contributed by atoms with Crippen molar-refractivity contribution in [3.63, 3.8) is 0 Å². The molecule has 0 aliphatic rings. The summed E-state index contributed by atoms with van der Waals surface area (Å²) in [6.07, 6.45) is 0. The molecule has 2 rings (SSSR count). The molecule has 0 atom stereocenters. The Morgan fingerprint density at radius 1 is 1.18 bits per heavy atom. The first-order valence-electron chi connectivity index (χ1n) is 8.47. The van der Waals surface area contributed by atoms with Crippen molar-refractivity contribution in [2.45, 2.75) is 13.8 Å². The first kappa shape index (κ1) is 21.1. The van der Waals surface area contributed by atoms with E-state index in [2.05, 4.69) is 10.6 Å². The van der Waals surface area contributed by atoms with Gasteiger partial charge in [0.2, 0.25) is 0 Å². The van der Waals surface area contributed by atoms with Crippen LogP contribution in [0.3, 0.4) is 0 Å². The van der Waals surface area contributed by atoms with E-state index in [0.717, 1.165) is 0 Å². The van der Waals surface area contributed by atoms with Crippen molar-refractivity contribution in [2.24, 2.45) is 5.92 Å². The molecular formula is C19H21N3O5S. The zero-order valence-electron chi connectivity index (χ0n) is 15.7. The van der Waals surface area contributed by atoms with Crippen LogP contribution >= 0.6 is 12.2 Å². The van der Waals surface area contributed by atoms with Crippen LogP contribution < -0.4 is 20.1 Å². The number of nitro benzene ring substituents is 1. The van der Waals surface area contributed by atoms with Crippen LogP contribution in [0.1, 0.15) is 24.2 Å². The second kappa shape index (κ2) is 9.65. The monoisotopic (exact) mass is 403 g/mol. The normalized spacial score (nSPS) is 10.3. The fourth-order valence-corrected chi connectivity index (χ4v) is 2.39. The molecule has 0 saturated heterocycles. The van der Waals surface area contributed by atoms with Crippen LogP contribution in [-0.4, -0.2) is 29.7 Å². The third kappa shape index (κ3) is 5.92. The van der Waals surface area contributed by atoms with Gasteiger partial charge in [-0.1, -0.05) is 13.8 Å². The molecule has 0 aromatic heterocycles. The lowest BCUT2D eigenvalue weighted by Gasteiger charge is -2.11. The molecule has 1 amide bonds. The number of methoxy groups -OCH3 is 1. The molecule has 9 heteroatoms. The van der Waals surface area contributed by atoms with Crippen molar-refractivity contribution in [2.75, 3.05) is 19.0 Å². The minimum absolute atomic E-state index is 0.0570. The number of anilines is 1. The topological polar surface area (TPSA) is 103 Å². The second-order valence-corrected chi connectivity index (χ2v) is 6.69. The third-order valence-corrected chi connectivity index (χ3v) is 3.78. The van der Waals surface area contributed by atoms with Crippen LogP contribution in [0.15, 0.2) is 42.5 Å². The highest BCUT2D eigenvalue weighted by Gasteiger charge is 2.17. The van der Waals surface area contributed by atoms with E-state index in [1.54, 1.807) is 30.3 Å². The summed E-state index contributed by atoms with van der Waals surface area (Å²) in [7, 11) is 1.41. The van der Waals surface area contributed by atoms with E-state index < -0.39 is 10.8 Å². The Balaban J connectivity index is 2.01. The van der Waals surface area contributed by atoms with E-state index in [9.17, 15) is 14.9 Å². The summed E-state index contributed by atoms with van der Waals surface area (Å²) in [5.74, 6) is 0.962. The summed E-state index contributed by atoms with van der Waals surface area (Å²) in [6, 6.07) is 10.9. The van der Waals surface area contributed by atoms with Crippen LogP contribution in [-0.2, 0) is 0 Å². The highest BCUT2D eigenvalue weighted by atomic mass is 32.1. The lowest BCUT2D eigenvalue weighted by atomic mass is 10.2. The van der Waals surface area contributed by atoms with E-state index >= 15 is 0 Å². The standard InChI is InChI=1S/C19H21N3O5S/c1-12(2)11-27-14-6-4-13(5-7-14)18(23)21-19(28)20-16-9-8-15(26-3)10-17(16)22(24)25/h4-10,12H,11H2,1-3H3,(H2,20,21,23,28). The summed E-state index contributed by atoms with van der Waals surface area (Å²) in [4.78, 5) is 23.0. The Morgan fingerprint density at radius 2 is 1.82 bits per heavy atom. The summed E-state index contributed by atoms with van der Waals surface area (Å²) in [5, 5.41) is 16.3. The molecular weight excluding hydrogens is 382 g/mol. The number of benzene rings is 2. The summed E-state index contributed by atoms with van der Waals surface area (Å²) < 4.78 is 10.6. The predicted molar refractivity (Wildman–Crippen MR) is 110 cm³/mol. The molecule has 28 heavy (non-hydrogen) atoms. The van der Waals surface area contributed by atoms with Crippen LogP contribution in [0, 0.1) is 16.0 Å². The molecule has 0 unspecified atom stereocenters. The molecule has 0 aliphatic heterocycles. The largest absolute Gasteiger partial charge is 0.496 e. The number of rotatable bonds is 7. The van der Waals surface area contributed by atoms with Gasteiger partial charge in [-0.25, -0.2) is 0 Å². The van der Waals surface area contributed by atoms with Gasteiger partial charge in [0.1, 0.15) is 17.2 Å². The highest BCUT2D eigenvalue weighted by Crippen LogP contribution is 2.28. The zero-order valence-corrected chi connectivity index (χ0v) is 16.5. The van der Waals surface area contributed by atoms with E-state index in [1.165, 1.54) is 19.2 Å². The minimum Gasteiger partial charge on any atom is -0.496 e. The van der Waals surface area contributed by atoms with Crippen molar-refractivity contribution in [3.05, 3.63) is 58.1 Å². The summed E-state index contributed by atoms with van der Waals surface area (Å²) >= 11 is 5.09. The number of ether oxygens (including phenoxy) is 2. The molecule has 0 fully saturated rings. The number of carbonyl (C=O) groups excluding carboxylic acids is 1. The van der Waals surface area contributed by atoms with Crippen molar-refractivity contribution >= 4 is 34.6 Å². The van der Waals surface area contributed by atoms with Gasteiger partial charge >= 0.3 is 0 Å². The van der Waals surface area contributed by atoms with E-state index in [1.807, 2.05) is 13.8 Å². The number of nitro groups is 1. The number of carbonyl (C=O) groups is 1. The molecule has 0 heterocycles. The maximum absolute atomic E-state index is 12.3. The number of nitrogens with zero attached hydrogens (tertiary/aromatic N) is 1. The van der Waals surface area contributed by atoms with Gasteiger partial charge in [-0.3, -0.25) is 20.2 Å². The molecule has 0 bridgehead atoms. The fourth-order valence-electron chi connectivity index (χ4n) is 2.19. The first-order valence-corrected chi connectivity index (χ1v) is 8.88. The number of amides is 1. The Hall–Kier alpha value is -3.20. The lowest BCUT2D eigenvalue weighted by molar-refractivity contribution is -0.384. The minimum atomic E-state index is -0.564. The van der Waals surface area contributed by atoms with Crippen molar-refractivity contribution in [1.82, 2.24) is 5.32 Å². The van der Waals surface area contributed by atoms with Crippen molar-refractivity contribution in [3.8, 4) is 11.5 Å². The number of hydrogen-bond acceptors (Lipinski definition) is 6. The second-order valence-electron chi connectivity index (χ2n) is 6.28. The third-order valence-electron chi connectivity index (χ3n) is 3.58. The summed E-state index contributed by atoms with van der Waals surface area (Å²) in [5.41, 5.74) is 0.307. The first-order chi connectivity index (χ1) is 13.3.